The fraction of sp³-hybridized carbons (Fsp3) is 0.346. The molecule has 0 saturated carbocycles. The fourth-order valence-corrected chi connectivity index (χ4v) is 5.90. The van der Waals surface area contributed by atoms with Gasteiger partial charge in [-0.05, 0) is 66.7 Å². The third kappa shape index (κ3) is 5.42. The van der Waals surface area contributed by atoms with Crippen molar-refractivity contribution in [1.29, 1.82) is 0 Å². The van der Waals surface area contributed by atoms with E-state index in [2.05, 4.69) is 33.9 Å². The van der Waals surface area contributed by atoms with Crippen molar-refractivity contribution < 1.29 is 18.0 Å². The smallest absolute Gasteiger partial charge is 0.345 e. The van der Waals surface area contributed by atoms with Crippen LogP contribution in [0.1, 0.15) is 30.0 Å². The van der Waals surface area contributed by atoms with Crippen LogP contribution in [0.2, 0.25) is 5.02 Å². The highest BCUT2D eigenvalue weighted by Crippen LogP contribution is 2.35. The van der Waals surface area contributed by atoms with Gasteiger partial charge in [0.2, 0.25) is 0 Å². The quantitative estimate of drug-likeness (QED) is 0.389. The molecule has 6 nitrogen and oxygen atoms in total. The summed E-state index contributed by atoms with van der Waals surface area (Å²) in [6, 6.07) is 9.58. The molecule has 37 heavy (non-hydrogen) atoms. The Morgan fingerprint density at radius 2 is 2.00 bits per heavy atom. The number of amidine groups is 1. The van der Waals surface area contributed by atoms with Crippen molar-refractivity contribution in [2.45, 2.75) is 32.1 Å². The molecular weight excluding hydrogens is 523 g/mol. The number of alkyl halides is 3. The molecule has 1 aromatic heterocycles. The number of nitrogens with zero attached hydrogens (tertiary/aromatic N) is 5. The number of hydrogen-bond acceptors (Lipinski definition) is 5. The summed E-state index contributed by atoms with van der Waals surface area (Å²) < 4.78 is 42.1. The lowest BCUT2D eigenvalue weighted by molar-refractivity contribution is -0.138. The topological polar surface area (TPSA) is 53.7 Å². The van der Waals surface area contributed by atoms with Gasteiger partial charge in [0.1, 0.15) is 0 Å². The molecule has 1 atom stereocenters. The molecule has 194 valence electrons. The zero-order valence-electron chi connectivity index (χ0n) is 20.3. The first-order valence-corrected chi connectivity index (χ1v) is 13.1. The number of carbonyl (C=O) groups is 1. The number of fused-ring (bicyclic) bond motifs is 1. The van der Waals surface area contributed by atoms with Crippen molar-refractivity contribution in [3.05, 3.63) is 69.2 Å². The normalized spacial score (nSPS) is 20.3. The standard InChI is InChI=1S/C26H25ClF3N5OS/c1-3-20-15-33(2)8-9-34(20)25-32-24(36)23(37-25)11-16-4-7-22-18(10-16)13-31-35(22)14-17-5-6-19(27)12-21(17)26(28,29)30/h4-7,10-13,20H,3,8-9,14-15H2,1-2H3/b23-11+/t20-/m0/s1. The highest BCUT2D eigenvalue weighted by molar-refractivity contribution is 8.18. The van der Waals surface area contributed by atoms with Crippen molar-refractivity contribution >= 4 is 51.4 Å². The first kappa shape index (κ1) is 25.8. The number of carbonyl (C=O) groups excluding carboxylic acids is 1. The Hall–Kier alpha value is -2.82. The van der Waals surface area contributed by atoms with Gasteiger partial charge >= 0.3 is 6.18 Å². The molecule has 0 radical (unpaired) electrons. The SMILES string of the molecule is CC[C@H]1CN(C)CCN1C1=NC(=O)/C(=C\c2ccc3c(cnn3Cc3ccc(Cl)cc3C(F)(F)F)c2)S1. The summed E-state index contributed by atoms with van der Waals surface area (Å²) in [5.74, 6) is -0.257. The Morgan fingerprint density at radius 3 is 2.76 bits per heavy atom. The van der Waals surface area contributed by atoms with Crippen molar-refractivity contribution in [3.63, 3.8) is 0 Å². The first-order valence-electron chi connectivity index (χ1n) is 11.9. The van der Waals surface area contributed by atoms with Gasteiger partial charge in [-0.3, -0.25) is 9.48 Å². The number of halogens is 4. The number of aromatic nitrogens is 2. The molecule has 0 N–H and O–H groups in total. The second-order valence-corrected chi connectivity index (χ2v) is 10.7. The van der Waals surface area contributed by atoms with Crippen molar-refractivity contribution in [2.75, 3.05) is 26.7 Å². The van der Waals surface area contributed by atoms with E-state index in [1.54, 1.807) is 18.3 Å². The van der Waals surface area contributed by atoms with E-state index in [-0.39, 0.29) is 23.0 Å². The van der Waals surface area contributed by atoms with Gasteiger partial charge in [0, 0.05) is 36.1 Å². The number of likely N-dealkylation sites (N-methyl/N-ethyl adjacent to an activating group) is 1. The molecule has 2 aliphatic rings. The molecule has 1 fully saturated rings. The number of aliphatic imine (C=N–C) groups is 1. The minimum absolute atomic E-state index is 0.0309. The minimum atomic E-state index is -4.52. The van der Waals surface area contributed by atoms with Crippen LogP contribution in [0.15, 0.2) is 52.5 Å². The fourth-order valence-electron chi connectivity index (χ4n) is 4.72. The predicted octanol–water partition coefficient (Wildman–Crippen LogP) is 5.75. The van der Waals surface area contributed by atoms with E-state index >= 15 is 0 Å². The Kier molecular flexibility index (Phi) is 7.08. The van der Waals surface area contributed by atoms with E-state index < -0.39 is 11.7 Å². The van der Waals surface area contributed by atoms with Crippen LogP contribution in [-0.2, 0) is 17.5 Å². The minimum Gasteiger partial charge on any atom is -0.345 e. The van der Waals surface area contributed by atoms with E-state index in [1.807, 2.05) is 12.1 Å². The monoisotopic (exact) mass is 547 g/mol. The van der Waals surface area contributed by atoms with Gasteiger partial charge in [0.05, 0.1) is 28.7 Å². The van der Waals surface area contributed by atoms with Crippen LogP contribution in [0.25, 0.3) is 17.0 Å². The molecule has 0 unspecified atom stereocenters. The molecule has 2 aromatic carbocycles. The lowest BCUT2D eigenvalue weighted by Crippen LogP contribution is -2.52. The van der Waals surface area contributed by atoms with Gasteiger partial charge in [-0.25, -0.2) is 0 Å². The van der Waals surface area contributed by atoms with Crippen LogP contribution >= 0.6 is 23.4 Å². The summed E-state index contributed by atoms with van der Waals surface area (Å²) >= 11 is 7.19. The average Bonchev–Trinajstić information content (AvgIpc) is 3.42. The Balaban J connectivity index is 1.36. The lowest BCUT2D eigenvalue weighted by Gasteiger charge is -2.40. The van der Waals surface area contributed by atoms with E-state index in [0.717, 1.165) is 48.2 Å². The summed E-state index contributed by atoms with van der Waals surface area (Å²) in [5, 5.41) is 5.85. The second kappa shape index (κ2) is 10.2. The van der Waals surface area contributed by atoms with Crippen molar-refractivity contribution in [3.8, 4) is 0 Å². The highest BCUT2D eigenvalue weighted by Gasteiger charge is 2.34. The Morgan fingerprint density at radius 1 is 1.19 bits per heavy atom. The molecule has 0 spiro atoms. The van der Waals surface area contributed by atoms with Gasteiger partial charge in [0.25, 0.3) is 5.91 Å². The van der Waals surface area contributed by atoms with Crippen LogP contribution in [0.4, 0.5) is 13.2 Å². The molecule has 0 bridgehead atoms. The highest BCUT2D eigenvalue weighted by atomic mass is 35.5. The Labute approximate surface area is 221 Å². The zero-order valence-corrected chi connectivity index (χ0v) is 21.9. The molecule has 1 saturated heterocycles. The summed E-state index contributed by atoms with van der Waals surface area (Å²) in [6.45, 7) is 4.78. The average molecular weight is 548 g/mol. The molecule has 0 aliphatic carbocycles. The molecule has 5 rings (SSSR count). The number of hydrogen-bond donors (Lipinski definition) is 0. The second-order valence-electron chi connectivity index (χ2n) is 9.25. The predicted molar refractivity (Wildman–Crippen MR) is 142 cm³/mol. The van der Waals surface area contributed by atoms with Gasteiger partial charge in [-0.2, -0.15) is 23.3 Å². The van der Waals surface area contributed by atoms with Crippen LogP contribution in [0.5, 0.6) is 0 Å². The number of piperazine rings is 1. The maximum Gasteiger partial charge on any atom is 0.416 e. The van der Waals surface area contributed by atoms with Gasteiger partial charge in [-0.1, -0.05) is 30.7 Å². The van der Waals surface area contributed by atoms with Crippen molar-refractivity contribution in [1.82, 2.24) is 19.6 Å². The number of rotatable bonds is 4. The third-order valence-corrected chi connectivity index (χ3v) is 7.93. The maximum atomic E-state index is 13.5. The summed E-state index contributed by atoms with van der Waals surface area (Å²) in [4.78, 5) is 22.0. The number of amides is 1. The maximum absolute atomic E-state index is 13.5. The number of benzene rings is 2. The summed E-state index contributed by atoms with van der Waals surface area (Å²) in [7, 11) is 2.10. The first-order chi connectivity index (χ1) is 17.6. The van der Waals surface area contributed by atoms with Crippen LogP contribution in [0, 0.1) is 0 Å². The van der Waals surface area contributed by atoms with E-state index in [1.165, 1.54) is 28.6 Å². The molecule has 3 aromatic rings. The summed E-state index contributed by atoms with van der Waals surface area (Å²) in [5.41, 5.74) is 0.797. The van der Waals surface area contributed by atoms with Gasteiger partial charge < -0.3 is 9.80 Å². The molecular formula is C26H25ClF3N5OS. The lowest BCUT2D eigenvalue weighted by atomic mass is 10.1. The summed E-state index contributed by atoms with van der Waals surface area (Å²) in [6.07, 6.45) is -0.130. The van der Waals surface area contributed by atoms with Crippen molar-refractivity contribution in [2.24, 2.45) is 4.99 Å². The van der Waals surface area contributed by atoms with Crippen LogP contribution < -0.4 is 0 Å². The molecule has 1 amide bonds. The van der Waals surface area contributed by atoms with Crippen LogP contribution in [0.3, 0.4) is 0 Å². The Bertz CT molecular complexity index is 1420. The molecule has 2 aliphatic heterocycles. The largest absolute Gasteiger partial charge is 0.416 e. The van der Waals surface area contributed by atoms with Crippen LogP contribution in [-0.4, -0.2) is 63.4 Å². The van der Waals surface area contributed by atoms with Gasteiger partial charge in [0.15, 0.2) is 5.17 Å². The van der Waals surface area contributed by atoms with E-state index in [4.69, 9.17) is 11.6 Å². The third-order valence-electron chi connectivity index (χ3n) is 6.67. The van der Waals surface area contributed by atoms with Gasteiger partial charge in [-0.15, -0.1) is 0 Å². The van der Waals surface area contributed by atoms with E-state index in [9.17, 15) is 18.0 Å². The zero-order chi connectivity index (χ0) is 26.3. The molecule has 3 heterocycles. The van der Waals surface area contributed by atoms with E-state index in [0.29, 0.717) is 16.5 Å². The number of thioether (sulfide) groups is 1. The molecule has 11 heteroatoms.